The second-order valence-electron chi connectivity index (χ2n) is 14.7. The third-order valence-corrected chi connectivity index (χ3v) is 10.2. The first kappa shape index (κ1) is 33.6. The van der Waals surface area contributed by atoms with E-state index in [-0.39, 0.29) is 11.9 Å². The number of benzene rings is 1. The van der Waals surface area contributed by atoms with Crippen molar-refractivity contribution in [3.8, 4) is 0 Å². The fraction of sp³-hybridized carbons (Fsp3) is 0.784. The molecule has 0 bridgehead atoms. The first-order valence-electron chi connectivity index (χ1n) is 18.0. The molecule has 3 amide bonds. The van der Waals surface area contributed by atoms with Gasteiger partial charge in [0.05, 0.1) is 0 Å². The average molecular weight is 595 g/mol. The Morgan fingerprint density at radius 1 is 0.791 bits per heavy atom. The number of amides is 3. The third kappa shape index (κ3) is 10.7. The van der Waals surface area contributed by atoms with Gasteiger partial charge in [0.15, 0.2) is 0 Å². The lowest BCUT2D eigenvalue weighted by Crippen LogP contribution is -2.55. The van der Waals surface area contributed by atoms with Crippen LogP contribution in [0, 0.1) is 17.8 Å². The normalized spacial score (nSPS) is 19.9. The number of likely N-dealkylation sites (tertiary alicyclic amines) is 2. The van der Waals surface area contributed by atoms with Crippen molar-refractivity contribution in [3.63, 3.8) is 0 Å². The maximum Gasteiger partial charge on any atom is 0.318 e. The van der Waals surface area contributed by atoms with Crippen molar-refractivity contribution in [1.82, 2.24) is 15.1 Å². The van der Waals surface area contributed by atoms with Crippen LogP contribution in [-0.2, 0) is 11.2 Å². The van der Waals surface area contributed by atoms with Crippen LogP contribution in [0.4, 0.5) is 10.5 Å². The molecule has 0 radical (unpaired) electrons. The first-order chi connectivity index (χ1) is 20.8. The van der Waals surface area contributed by atoms with Crippen LogP contribution in [0.2, 0.25) is 0 Å². The van der Waals surface area contributed by atoms with Crippen LogP contribution in [0.25, 0.3) is 0 Å². The summed E-state index contributed by atoms with van der Waals surface area (Å²) in [7, 11) is 0. The summed E-state index contributed by atoms with van der Waals surface area (Å²) in [6.45, 7) is 13.1. The van der Waals surface area contributed by atoms with Crippen LogP contribution in [0.5, 0.6) is 0 Å². The average Bonchev–Trinajstić information content (AvgIpc) is 3.30. The number of urea groups is 1. The summed E-state index contributed by atoms with van der Waals surface area (Å²) in [4.78, 5) is 33.5. The molecule has 0 spiro atoms. The van der Waals surface area contributed by atoms with E-state index in [1.807, 2.05) is 9.80 Å². The van der Waals surface area contributed by atoms with Gasteiger partial charge in [-0.2, -0.15) is 0 Å². The highest BCUT2D eigenvalue weighted by molar-refractivity contribution is 5.87. The molecule has 1 saturated carbocycles. The molecule has 1 unspecified atom stereocenters. The molecule has 4 rings (SSSR count). The summed E-state index contributed by atoms with van der Waals surface area (Å²) in [5.74, 6) is 2.02. The minimum Gasteiger partial charge on any atom is -0.368 e. The van der Waals surface area contributed by atoms with E-state index in [0.717, 1.165) is 64.3 Å². The fourth-order valence-electron chi connectivity index (χ4n) is 7.45. The molecule has 3 aliphatic rings. The van der Waals surface area contributed by atoms with Crippen molar-refractivity contribution in [2.75, 3.05) is 37.6 Å². The lowest BCUT2D eigenvalue weighted by molar-refractivity contribution is -0.134. The highest BCUT2D eigenvalue weighted by Gasteiger charge is 2.32. The topological polar surface area (TPSA) is 55.9 Å². The lowest BCUT2D eigenvalue weighted by atomic mass is 9.85. The quantitative estimate of drug-likeness (QED) is 0.266. The van der Waals surface area contributed by atoms with Crippen molar-refractivity contribution in [3.05, 3.63) is 29.8 Å². The number of anilines is 1. The lowest BCUT2D eigenvalue weighted by Gasteiger charge is -2.41. The maximum absolute atomic E-state index is 13.8. The molecule has 1 N–H and O–H groups in total. The van der Waals surface area contributed by atoms with Gasteiger partial charge in [-0.3, -0.25) is 4.79 Å². The summed E-state index contributed by atoms with van der Waals surface area (Å²) in [6.07, 6.45) is 17.9. The molecular formula is C37H62N4O2. The van der Waals surface area contributed by atoms with Crippen molar-refractivity contribution in [2.45, 2.75) is 136 Å². The van der Waals surface area contributed by atoms with E-state index in [9.17, 15) is 9.59 Å². The number of hydrogen-bond acceptors (Lipinski definition) is 3. The molecule has 3 fully saturated rings. The number of piperidine rings is 1. The van der Waals surface area contributed by atoms with Gasteiger partial charge >= 0.3 is 6.03 Å². The van der Waals surface area contributed by atoms with E-state index < -0.39 is 6.04 Å². The minimum atomic E-state index is -0.439. The number of aryl methyl sites for hydroxylation is 1. The summed E-state index contributed by atoms with van der Waals surface area (Å²) >= 11 is 0. The predicted molar refractivity (Wildman–Crippen MR) is 180 cm³/mol. The molecule has 242 valence electrons. The highest BCUT2D eigenvalue weighted by atomic mass is 16.2. The van der Waals surface area contributed by atoms with Gasteiger partial charge in [0.2, 0.25) is 5.91 Å². The van der Waals surface area contributed by atoms with Crippen molar-refractivity contribution < 1.29 is 9.59 Å². The Balaban J connectivity index is 1.34. The highest BCUT2D eigenvalue weighted by Crippen LogP contribution is 2.29. The van der Waals surface area contributed by atoms with Gasteiger partial charge < -0.3 is 20.0 Å². The van der Waals surface area contributed by atoms with E-state index in [4.69, 9.17) is 0 Å². The van der Waals surface area contributed by atoms with Crippen LogP contribution in [-0.4, -0.2) is 66.5 Å². The number of carbonyl (C=O) groups is 2. The Labute approximate surface area is 263 Å². The molecule has 1 atom stereocenters. The van der Waals surface area contributed by atoms with Crippen molar-refractivity contribution >= 4 is 17.6 Å². The number of rotatable bonds is 12. The van der Waals surface area contributed by atoms with Crippen molar-refractivity contribution in [2.24, 2.45) is 17.8 Å². The largest absolute Gasteiger partial charge is 0.368 e. The van der Waals surface area contributed by atoms with Crippen LogP contribution in [0.3, 0.4) is 0 Å². The molecule has 2 aliphatic heterocycles. The Kier molecular flexibility index (Phi) is 13.5. The number of nitrogens with one attached hydrogen (secondary N) is 1. The monoisotopic (exact) mass is 594 g/mol. The van der Waals surface area contributed by atoms with Crippen molar-refractivity contribution in [1.29, 1.82) is 0 Å². The van der Waals surface area contributed by atoms with Crippen LogP contribution >= 0.6 is 0 Å². The summed E-state index contributed by atoms with van der Waals surface area (Å²) in [6, 6.07) is 9.37. The molecular weight excluding hydrogens is 532 g/mol. The zero-order valence-corrected chi connectivity index (χ0v) is 28.0. The van der Waals surface area contributed by atoms with Gasteiger partial charge in [-0.15, -0.1) is 0 Å². The summed E-state index contributed by atoms with van der Waals surface area (Å²) in [5, 5.41) is 3.16. The second kappa shape index (κ2) is 17.3. The molecule has 6 heteroatoms. The number of hydrogen-bond donors (Lipinski definition) is 1. The fourth-order valence-corrected chi connectivity index (χ4v) is 7.45. The van der Waals surface area contributed by atoms with Gasteiger partial charge in [-0.1, -0.05) is 84.8 Å². The van der Waals surface area contributed by atoms with E-state index in [0.29, 0.717) is 24.3 Å². The smallest absolute Gasteiger partial charge is 0.318 e. The molecule has 1 aromatic rings. The van der Waals surface area contributed by atoms with E-state index in [1.165, 1.54) is 75.5 Å². The van der Waals surface area contributed by atoms with Gasteiger partial charge in [0, 0.05) is 44.5 Å². The second-order valence-corrected chi connectivity index (χ2v) is 14.7. The molecule has 2 saturated heterocycles. The van der Waals surface area contributed by atoms with Gasteiger partial charge in [0.1, 0.15) is 6.04 Å². The Morgan fingerprint density at radius 3 is 2.02 bits per heavy atom. The molecule has 2 heterocycles. The maximum atomic E-state index is 13.8. The Bertz CT molecular complexity index is 955. The zero-order chi connectivity index (χ0) is 30.6. The van der Waals surface area contributed by atoms with Crippen LogP contribution < -0.4 is 10.2 Å². The van der Waals surface area contributed by atoms with Gasteiger partial charge in [0.25, 0.3) is 0 Å². The van der Waals surface area contributed by atoms with E-state index in [2.05, 4.69) is 62.2 Å². The third-order valence-electron chi connectivity index (χ3n) is 10.2. The standard InChI is InChI=1S/C37H62N4O2/c1-29(2)20-27-41(33-18-16-32(17-19-33)15-14-31-12-8-7-9-13-31)34-21-25-39(26-22-34)36(42)35(28-30(3)4)38-37(43)40-23-10-5-6-11-24-40/h16-19,29-31,34-35H,5-15,20-28H2,1-4H3,(H,38,43). The molecule has 0 aromatic heterocycles. The van der Waals surface area contributed by atoms with E-state index >= 15 is 0 Å². The van der Waals surface area contributed by atoms with Gasteiger partial charge in [-0.25, -0.2) is 4.79 Å². The summed E-state index contributed by atoms with van der Waals surface area (Å²) < 4.78 is 0. The number of carbonyl (C=O) groups excluding carboxylic acids is 2. The first-order valence-corrected chi connectivity index (χ1v) is 18.0. The zero-order valence-electron chi connectivity index (χ0n) is 28.0. The molecule has 1 aromatic carbocycles. The Morgan fingerprint density at radius 2 is 1.42 bits per heavy atom. The SMILES string of the molecule is CC(C)CCN(c1ccc(CCC2CCCCC2)cc1)C1CCN(C(=O)C(CC(C)C)NC(=O)N2CCCCCC2)CC1. The van der Waals surface area contributed by atoms with Crippen LogP contribution in [0.15, 0.2) is 24.3 Å². The number of nitrogens with zero attached hydrogens (tertiary/aromatic N) is 3. The molecule has 1 aliphatic carbocycles. The Hall–Kier alpha value is -2.24. The van der Waals surface area contributed by atoms with Gasteiger partial charge in [-0.05, 0) is 86.8 Å². The van der Waals surface area contributed by atoms with E-state index in [1.54, 1.807) is 0 Å². The van der Waals surface area contributed by atoms with Crippen LogP contribution in [0.1, 0.15) is 123 Å². The molecule has 43 heavy (non-hydrogen) atoms. The minimum absolute atomic E-state index is 0.0576. The molecule has 6 nitrogen and oxygen atoms in total. The summed E-state index contributed by atoms with van der Waals surface area (Å²) in [5.41, 5.74) is 2.80. The predicted octanol–water partition coefficient (Wildman–Crippen LogP) is 8.04.